The molecule has 0 unspecified atom stereocenters. The Morgan fingerprint density at radius 3 is 2.72 bits per heavy atom. The fourth-order valence-corrected chi connectivity index (χ4v) is 2.14. The van der Waals surface area contributed by atoms with Gasteiger partial charge >= 0.3 is 0 Å². The molecule has 2 rings (SSSR count). The van der Waals surface area contributed by atoms with Gasteiger partial charge in [-0.05, 0) is 30.3 Å². The summed E-state index contributed by atoms with van der Waals surface area (Å²) in [6.45, 7) is 1.49. The predicted molar refractivity (Wildman–Crippen MR) is 72.2 cm³/mol. The number of ketones is 1. The number of hydrogen-bond donors (Lipinski definition) is 0. The second-order valence-electron chi connectivity index (χ2n) is 3.96. The Labute approximate surface area is 114 Å². The second-order valence-corrected chi connectivity index (χ2v) is 4.87. The van der Waals surface area contributed by atoms with Crippen LogP contribution in [0.4, 0.5) is 0 Å². The van der Waals surface area contributed by atoms with Crippen LogP contribution in [-0.4, -0.2) is 12.9 Å². The third kappa shape index (κ3) is 2.82. The minimum Gasteiger partial charge on any atom is -0.496 e. The van der Waals surface area contributed by atoms with Gasteiger partial charge in [0.2, 0.25) is 0 Å². The number of benzene rings is 1. The van der Waals surface area contributed by atoms with E-state index in [1.165, 1.54) is 6.92 Å². The zero-order valence-corrected chi connectivity index (χ0v) is 11.8. The van der Waals surface area contributed by atoms with Crippen molar-refractivity contribution in [2.75, 3.05) is 7.11 Å². The van der Waals surface area contributed by atoms with Gasteiger partial charge in [0, 0.05) is 23.4 Å². The van der Waals surface area contributed by atoms with Crippen molar-refractivity contribution < 1.29 is 13.9 Å². The monoisotopic (exact) mass is 308 g/mol. The van der Waals surface area contributed by atoms with Crippen LogP contribution < -0.4 is 4.74 Å². The Kier molecular flexibility index (Phi) is 3.87. The molecule has 3 nitrogen and oxygen atoms in total. The van der Waals surface area contributed by atoms with Crippen molar-refractivity contribution in [3.8, 4) is 5.75 Å². The highest BCUT2D eigenvalue weighted by Gasteiger charge is 2.10. The third-order valence-corrected chi connectivity index (χ3v) is 3.11. The highest BCUT2D eigenvalue weighted by atomic mass is 79.9. The third-order valence-electron chi connectivity index (χ3n) is 2.62. The molecule has 18 heavy (non-hydrogen) atoms. The van der Waals surface area contributed by atoms with Crippen LogP contribution in [0.3, 0.4) is 0 Å². The highest BCUT2D eigenvalue weighted by molar-refractivity contribution is 9.10. The lowest BCUT2D eigenvalue weighted by Gasteiger charge is -2.07. The van der Waals surface area contributed by atoms with E-state index in [1.54, 1.807) is 13.2 Å². The molecule has 0 amide bonds. The lowest BCUT2D eigenvalue weighted by molar-refractivity contribution is 0.0985. The van der Waals surface area contributed by atoms with Crippen molar-refractivity contribution in [3.63, 3.8) is 0 Å². The number of hydrogen-bond acceptors (Lipinski definition) is 3. The lowest BCUT2D eigenvalue weighted by atomic mass is 10.1. The molecule has 0 N–H and O–H groups in total. The number of halogens is 1. The van der Waals surface area contributed by atoms with Crippen LogP contribution in [0.5, 0.6) is 5.75 Å². The van der Waals surface area contributed by atoms with Gasteiger partial charge in [0.05, 0.1) is 7.11 Å². The molecule has 94 valence electrons. The molecule has 0 atom stereocenters. The minimum absolute atomic E-state index is 0.0672. The van der Waals surface area contributed by atoms with Crippen LogP contribution >= 0.6 is 15.9 Å². The number of furan rings is 1. The molecule has 0 saturated heterocycles. The SMILES string of the molecule is COc1ccc(Br)cc1Cc1ccc(C(C)=O)o1. The number of methoxy groups -OCH3 is 1. The molecule has 4 heteroatoms. The topological polar surface area (TPSA) is 39.4 Å². The molecular weight excluding hydrogens is 296 g/mol. The molecule has 0 aliphatic rings. The van der Waals surface area contributed by atoms with E-state index in [4.69, 9.17) is 9.15 Å². The van der Waals surface area contributed by atoms with Crippen molar-refractivity contribution in [1.82, 2.24) is 0 Å². The Bertz CT molecular complexity index is 572. The Morgan fingerprint density at radius 1 is 1.33 bits per heavy atom. The fraction of sp³-hybridized carbons (Fsp3) is 0.214. The van der Waals surface area contributed by atoms with Crippen molar-refractivity contribution >= 4 is 21.7 Å². The molecule has 0 aliphatic heterocycles. The molecular formula is C14H13BrO3. The number of Topliss-reactive ketones (excluding diaryl/α,β-unsaturated/α-hetero) is 1. The molecule has 0 radical (unpaired) electrons. The summed E-state index contributed by atoms with van der Waals surface area (Å²) < 4.78 is 11.7. The molecule has 0 fully saturated rings. The van der Waals surface area contributed by atoms with Gasteiger partial charge in [-0.25, -0.2) is 0 Å². The van der Waals surface area contributed by atoms with E-state index in [0.717, 1.165) is 21.5 Å². The average Bonchev–Trinajstić information content (AvgIpc) is 2.78. The average molecular weight is 309 g/mol. The first kappa shape index (κ1) is 12.9. The summed E-state index contributed by atoms with van der Waals surface area (Å²) in [5.41, 5.74) is 1.01. The van der Waals surface area contributed by atoms with Gasteiger partial charge in [0.25, 0.3) is 0 Å². The fourth-order valence-electron chi connectivity index (χ4n) is 1.74. The smallest absolute Gasteiger partial charge is 0.194 e. The zero-order chi connectivity index (χ0) is 13.1. The van der Waals surface area contributed by atoms with E-state index < -0.39 is 0 Å². The van der Waals surface area contributed by atoms with Crippen LogP contribution in [0.15, 0.2) is 39.2 Å². The van der Waals surface area contributed by atoms with Crippen LogP contribution in [0.1, 0.15) is 28.8 Å². The highest BCUT2D eigenvalue weighted by Crippen LogP contribution is 2.26. The molecule has 1 aromatic heterocycles. The summed E-state index contributed by atoms with van der Waals surface area (Å²) in [6.07, 6.45) is 0.593. The van der Waals surface area contributed by atoms with Crippen LogP contribution in [0, 0.1) is 0 Å². The normalized spacial score (nSPS) is 10.4. The van der Waals surface area contributed by atoms with E-state index in [0.29, 0.717) is 12.2 Å². The predicted octanol–water partition coefficient (Wildman–Crippen LogP) is 3.84. The van der Waals surface area contributed by atoms with E-state index in [1.807, 2.05) is 24.3 Å². The summed E-state index contributed by atoms with van der Waals surface area (Å²) in [5, 5.41) is 0. The molecule has 0 aliphatic carbocycles. The first-order valence-corrected chi connectivity index (χ1v) is 6.31. The number of carbonyl (C=O) groups is 1. The Morgan fingerprint density at radius 2 is 2.11 bits per heavy atom. The summed E-state index contributed by atoms with van der Waals surface area (Å²) in [5.74, 6) is 1.87. The lowest BCUT2D eigenvalue weighted by Crippen LogP contribution is -1.93. The molecule has 0 spiro atoms. The minimum atomic E-state index is -0.0672. The summed E-state index contributed by atoms with van der Waals surface area (Å²) in [7, 11) is 1.63. The van der Waals surface area contributed by atoms with Crippen molar-refractivity contribution in [3.05, 3.63) is 51.9 Å². The Balaban J connectivity index is 2.27. The maximum Gasteiger partial charge on any atom is 0.194 e. The molecule has 1 heterocycles. The van der Waals surface area contributed by atoms with Crippen molar-refractivity contribution in [1.29, 1.82) is 0 Å². The molecule has 1 aromatic carbocycles. The van der Waals surface area contributed by atoms with Crippen LogP contribution in [-0.2, 0) is 6.42 Å². The zero-order valence-electron chi connectivity index (χ0n) is 10.2. The van der Waals surface area contributed by atoms with Crippen molar-refractivity contribution in [2.24, 2.45) is 0 Å². The Hall–Kier alpha value is -1.55. The largest absolute Gasteiger partial charge is 0.496 e. The number of carbonyl (C=O) groups excluding carboxylic acids is 1. The molecule has 0 saturated carbocycles. The number of ether oxygens (including phenoxy) is 1. The van der Waals surface area contributed by atoms with Gasteiger partial charge in [-0.1, -0.05) is 15.9 Å². The van der Waals surface area contributed by atoms with Gasteiger partial charge in [-0.2, -0.15) is 0 Å². The van der Waals surface area contributed by atoms with Gasteiger partial charge in [0.15, 0.2) is 11.5 Å². The first-order valence-electron chi connectivity index (χ1n) is 5.52. The number of rotatable bonds is 4. The summed E-state index contributed by atoms with van der Waals surface area (Å²) in [4.78, 5) is 11.2. The van der Waals surface area contributed by atoms with E-state index in [2.05, 4.69) is 15.9 Å². The van der Waals surface area contributed by atoms with Gasteiger partial charge in [0.1, 0.15) is 11.5 Å². The quantitative estimate of drug-likeness (QED) is 0.806. The second kappa shape index (κ2) is 5.40. The van der Waals surface area contributed by atoms with E-state index in [-0.39, 0.29) is 5.78 Å². The van der Waals surface area contributed by atoms with E-state index in [9.17, 15) is 4.79 Å². The summed E-state index contributed by atoms with van der Waals surface area (Å²) >= 11 is 3.43. The maximum absolute atomic E-state index is 11.2. The van der Waals surface area contributed by atoms with E-state index >= 15 is 0 Å². The summed E-state index contributed by atoms with van der Waals surface area (Å²) in [6, 6.07) is 9.31. The van der Waals surface area contributed by atoms with Crippen LogP contribution in [0.25, 0.3) is 0 Å². The molecule has 2 aromatic rings. The maximum atomic E-state index is 11.2. The van der Waals surface area contributed by atoms with Crippen LogP contribution in [0.2, 0.25) is 0 Å². The molecule has 0 bridgehead atoms. The van der Waals surface area contributed by atoms with Gasteiger partial charge in [-0.3, -0.25) is 4.79 Å². The standard InChI is InChI=1S/C14H13BrO3/c1-9(16)13-6-4-12(18-13)8-10-7-11(15)3-5-14(10)17-2/h3-7H,8H2,1-2H3. The van der Waals surface area contributed by atoms with Gasteiger partial charge in [-0.15, -0.1) is 0 Å². The van der Waals surface area contributed by atoms with Gasteiger partial charge < -0.3 is 9.15 Å². The first-order chi connectivity index (χ1) is 8.60. The van der Waals surface area contributed by atoms with Crippen molar-refractivity contribution in [2.45, 2.75) is 13.3 Å².